The summed E-state index contributed by atoms with van der Waals surface area (Å²) in [5.41, 5.74) is 0.799. The fourth-order valence-electron chi connectivity index (χ4n) is 1.52. The van der Waals surface area contributed by atoms with Gasteiger partial charge < -0.3 is 4.74 Å². The van der Waals surface area contributed by atoms with Crippen molar-refractivity contribution in [3.05, 3.63) is 38.9 Å². The molecule has 96 valence electrons. The van der Waals surface area contributed by atoms with Crippen LogP contribution in [0.25, 0.3) is 0 Å². The summed E-state index contributed by atoms with van der Waals surface area (Å²) in [6.45, 7) is 4.49. The highest BCUT2D eigenvalue weighted by molar-refractivity contribution is 7.09. The van der Waals surface area contributed by atoms with E-state index in [2.05, 4.69) is 16.9 Å². The zero-order valence-corrected chi connectivity index (χ0v) is 12.0. The second-order valence-corrected chi connectivity index (χ2v) is 5.37. The molecule has 3 nitrogen and oxygen atoms in total. The van der Waals surface area contributed by atoms with Crippen molar-refractivity contribution < 1.29 is 4.74 Å². The molecule has 0 bridgehead atoms. The van der Waals surface area contributed by atoms with Crippen LogP contribution in [0.2, 0.25) is 5.15 Å². The van der Waals surface area contributed by atoms with E-state index in [4.69, 9.17) is 16.3 Å². The summed E-state index contributed by atoms with van der Waals surface area (Å²) in [7, 11) is 0. The first-order valence-electron chi connectivity index (χ1n) is 5.89. The molecule has 5 heteroatoms. The lowest BCUT2D eigenvalue weighted by atomic mass is 10.3. The molecule has 0 N–H and O–H groups in total. The van der Waals surface area contributed by atoms with Crippen LogP contribution in [0.4, 0.5) is 0 Å². The van der Waals surface area contributed by atoms with Crippen molar-refractivity contribution in [3.63, 3.8) is 0 Å². The molecule has 18 heavy (non-hydrogen) atoms. The third-order valence-corrected chi connectivity index (χ3v) is 3.71. The van der Waals surface area contributed by atoms with Crippen LogP contribution < -0.4 is 4.74 Å². The first kappa shape index (κ1) is 13.3. The van der Waals surface area contributed by atoms with Crippen LogP contribution in [-0.4, -0.2) is 9.97 Å². The maximum absolute atomic E-state index is 6.09. The minimum Gasteiger partial charge on any atom is -0.472 e. The monoisotopic (exact) mass is 282 g/mol. The van der Waals surface area contributed by atoms with Crippen LogP contribution in [0.15, 0.2) is 17.5 Å². The molecule has 0 unspecified atom stereocenters. The van der Waals surface area contributed by atoms with Gasteiger partial charge in [0.25, 0.3) is 0 Å². The first-order chi connectivity index (χ1) is 8.70. The van der Waals surface area contributed by atoms with Crippen LogP contribution in [0.5, 0.6) is 5.88 Å². The molecule has 0 amide bonds. The summed E-state index contributed by atoms with van der Waals surface area (Å²) >= 11 is 7.75. The summed E-state index contributed by atoms with van der Waals surface area (Å²) in [5.74, 6) is 1.33. The quantitative estimate of drug-likeness (QED) is 0.777. The van der Waals surface area contributed by atoms with Crippen molar-refractivity contribution in [1.29, 1.82) is 0 Å². The van der Waals surface area contributed by atoms with Crippen molar-refractivity contribution in [1.82, 2.24) is 9.97 Å². The Morgan fingerprint density at radius 1 is 1.39 bits per heavy atom. The number of hydrogen-bond acceptors (Lipinski definition) is 4. The molecule has 2 aromatic heterocycles. The van der Waals surface area contributed by atoms with E-state index in [1.54, 1.807) is 11.3 Å². The highest BCUT2D eigenvalue weighted by atomic mass is 35.5. The number of aromatic nitrogens is 2. The van der Waals surface area contributed by atoms with Gasteiger partial charge in [0, 0.05) is 16.9 Å². The van der Waals surface area contributed by atoms with Gasteiger partial charge in [-0.25, -0.2) is 4.98 Å². The van der Waals surface area contributed by atoms with Crippen LogP contribution in [0, 0.1) is 6.92 Å². The molecular weight excluding hydrogens is 268 g/mol. The number of rotatable bonds is 5. The van der Waals surface area contributed by atoms with Crippen molar-refractivity contribution in [2.45, 2.75) is 33.3 Å². The highest BCUT2D eigenvalue weighted by Crippen LogP contribution is 2.23. The lowest BCUT2D eigenvalue weighted by molar-refractivity contribution is 0.293. The Balaban J connectivity index is 2.15. The van der Waals surface area contributed by atoms with Gasteiger partial charge in [-0.2, -0.15) is 4.98 Å². The third-order valence-electron chi connectivity index (χ3n) is 2.49. The summed E-state index contributed by atoms with van der Waals surface area (Å²) < 4.78 is 5.72. The number of ether oxygens (including phenoxy) is 1. The average Bonchev–Trinajstić information content (AvgIpc) is 2.85. The zero-order valence-electron chi connectivity index (χ0n) is 10.4. The zero-order chi connectivity index (χ0) is 13.0. The molecule has 0 spiro atoms. The normalized spacial score (nSPS) is 10.6. The predicted molar refractivity (Wildman–Crippen MR) is 74.4 cm³/mol. The highest BCUT2D eigenvalue weighted by Gasteiger charge is 2.10. The maximum Gasteiger partial charge on any atom is 0.221 e. The molecule has 2 rings (SSSR count). The molecule has 2 heterocycles. The molecule has 0 aliphatic rings. The standard InChI is InChI=1S/C13H15ClN2OS/c1-3-5-11-15-12(14)9(2)13(16-11)17-8-10-6-4-7-18-10/h4,6-7H,3,5,8H2,1-2H3. The minimum atomic E-state index is 0.481. The molecule has 0 aromatic carbocycles. The van der Waals surface area contributed by atoms with E-state index in [0.717, 1.165) is 24.2 Å². The topological polar surface area (TPSA) is 35.0 Å². The van der Waals surface area contributed by atoms with E-state index in [1.807, 2.05) is 24.4 Å². The molecular formula is C13H15ClN2OS. The van der Waals surface area contributed by atoms with E-state index in [0.29, 0.717) is 17.6 Å². The van der Waals surface area contributed by atoms with Gasteiger partial charge in [-0.1, -0.05) is 24.6 Å². The Morgan fingerprint density at radius 2 is 2.22 bits per heavy atom. The summed E-state index contributed by atoms with van der Waals surface area (Å²) in [5, 5.41) is 2.51. The lowest BCUT2D eigenvalue weighted by Gasteiger charge is -2.09. The molecule has 0 aliphatic carbocycles. The predicted octanol–water partition coefficient (Wildman–Crippen LogP) is 4.03. The van der Waals surface area contributed by atoms with E-state index in [-0.39, 0.29) is 0 Å². The van der Waals surface area contributed by atoms with Gasteiger partial charge in [-0.15, -0.1) is 11.3 Å². The average molecular weight is 283 g/mol. The van der Waals surface area contributed by atoms with Gasteiger partial charge in [-0.3, -0.25) is 0 Å². The number of halogens is 1. The molecule has 0 saturated heterocycles. The Morgan fingerprint density at radius 3 is 2.89 bits per heavy atom. The largest absolute Gasteiger partial charge is 0.472 e. The van der Waals surface area contributed by atoms with Gasteiger partial charge in [0.2, 0.25) is 5.88 Å². The van der Waals surface area contributed by atoms with E-state index in [1.165, 1.54) is 4.88 Å². The van der Waals surface area contributed by atoms with Gasteiger partial charge in [0.05, 0.1) is 0 Å². The van der Waals surface area contributed by atoms with E-state index in [9.17, 15) is 0 Å². The van der Waals surface area contributed by atoms with Crippen LogP contribution in [0.1, 0.15) is 29.6 Å². The molecule has 2 aromatic rings. The van der Waals surface area contributed by atoms with E-state index < -0.39 is 0 Å². The maximum atomic E-state index is 6.09. The Kier molecular flexibility index (Phi) is 4.55. The Bertz CT molecular complexity index is 514. The number of aryl methyl sites for hydroxylation is 1. The van der Waals surface area contributed by atoms with Crippen molar-refractivity contribution in [3.8, 4) is 5.88 Å². The fraction of sp³-hybridized carbons (Fsp3) is 0.385. The van der Waals surface area contributed by atoms with Crippen molar-refractivity contribution in [2.75, 3.05) is 0 Å². The Labute approximate surface area is 116 Å². The Hall–Kier alpha value is -1.13. The molecule has 0 atom stereocenters. The van der Waals surface area contributed by atoms with Gasteiger partial charge in [-0.05, 0) is 24.8 Å². The SMILES string of the molecule is CCCc1nc(Cl)c(C)c(OCc2cccs2)n1. The van der Waals surface area contributed by atoms with E-state index >= 15 is 0 Å². The van der Waals surface area contributed by atoms with Gasteiger partial charge >= 0.3 is 0 Å². The second-order valence-electron chi connectivity index (χ2n) is 3.98. The summed E-state index contributed by atoms with van der Waals surface area (Å²) in [6.07, 6.45) is 1.80. The van der Waals surface area contributed by atoms with Crippen LogP contribution >= 0.6 is 22.9 Å². The lowest BCUT2D eigenvalue weighted by Crippen LogP contribution is -2.03. The molecule has 0 saturated carbocycles. The minimum absolute atomic E-state index is 0.481. The summed E-state index contributed by atoms with van der Waals surface area (Å²) in [4.78, 5) is 9.82. The molecule has 0 radical (unpaired) electrons. The number of nitrogens with zero attached hydrogens (tertiary/aromatic N) is 2. The fourth-order valence-corrected chi connectivity index (χ4v) is 2.32. The van der Waals surface area contributed by atoms with Gasteiger partial charge in [0.1, 0.15) is 17.6 Å². The molecule has 0 fully saturated rings. The van der Waals surface area contributed by atoms with Crippen molar-refractivity contribution in [2.24, 2.45) is 0 Å². The van der Waals surface area contributed by atoms with Crippen LogP contribution in [-0.2, 0) is 13.0 Å². The smallest absolute Gasteiger partial charge is 0.221 e. The van der Waals surface area contributed by atoms with Gasteiger partial charge in [0.15, 0.2) is 0 Å². The third kappa shape index (κ3) is 3.21. The second kappa shape index (κ2) is 6.16. The molecule has 0 aliphatic heterocycles. The number of thiophene rings is 1. The van der Waals surface area contributed by atoms with Crippen molar-refractivity contribution >= 4 is 22.9 Å². The summed E-state index contributed by atoms with van der Waals surface area (Å²) in [6, 6.07) is 4.04. The van der Waals surface area contributed by atoms with Crippen LogP contribution in [0.3, 0.4) is 0 Å². The first-order valence-corrected chi connectivity index (χ1v) is 7.14. The number of hydrogen-bond donors (Lipinski definition) is 0.